The van der Waals surface area contributed by atoms with Gasteiger partial charge in [0.15, 0.2) is 0 Å². The Hall–Kier alpha value is -3.66. The monoisotopic (exact) mass is 487 g/mol. The van der Waals surface area contributed by atoms with Crippen molar-refractivity contribution in [2.75, 3.05) is 16.6 Å². The van der Waals surface area contributed by atoms with E-state index in [-0.39, 0.29) is 17.3 Å². The van der Waals surface area contributed by atoms with Gasteiger partial charge >= 0.3 is 5.97 Å². The average molecular weight is 488 g/mol. The number of hydrogen-bond acceptors (Lipinski definition) is 6. The Labute approximate surface area is 197 Å². The zero-order chi connectivity index (χ0) is 25.0. The summed E-state index contributed by atoms with van der Waals surface area (Å²) in [5.41, 5.74) is 2.67. The summed E-state index contributed by atoms with van der Waals surface area (Å²) in [7, 11) is -3.87. The van der Waals surface area contributed by atoms with Crippen molar-refractivity contribution in [3.63, 3.8) is 0 Å². The number of sulfonamides is 1. The van der Waals surface area contributed by atoms with E-state index >= 15 is 0 Å². The van der Waals surface area contributed by atoms with Crippen LogP contribution < -0.4 is 10.0 Å². The normalized spacial score (nSPS) is 12.1. The summed E-state index contributed by atoms with van der Waals surface area (Å²) < 4.78 is 45.4. The highest BCUT2D eigenvalue weighted by Gasteiger charge is 2.25. The summed E-state index contributed by atoms with van der Waals surface area (Å²) in [4.78, 5) is 28.1. The predicted molar refractivity (Wildman–Crippen MR) is 127 cm³/mol. The SMILES string of the molecule is CCOC(=O)c1c(C)[nH]c(C(=O)[C@H](C)Nc2ccc(NS(=O)(=O)c3ccc(F)cc3)cc2)c1C. The van der Waals surface area contributed by atoms with Gasteiger partial charge in [0.05, 0.1) is 28.8 Å². The minimum Gasteiger partial charge on any atom is -0.462 e. The molecule has 0 radical (unpaired) electrons. The number of Topliss-reactive ketones (excluding diaryl/α,β-unsaturated/α-hetero) is 1. The first-order chi connectivity index (χ1) is 16.0. The number of aromatic amines is 1. The van der Waals surface area contributed by atoms with Crippen LogP contribution in [0.3, 0.4) is 0 Å². The van der Waals surface area contributed by atoms with Gasteiger partial charge in [-0.2, -0.15) is 0 Å². The molecule has 0 fully saturated rings. The van der Waals surface area contributed by atoms with E-state index in [9.17, 15) is 22.4 Å². The highest BCUT2D eigenvalue weighted by Crippen LogP contribution is 2.23. The summed E-state index contributed by atoms with van der Waals surface area (Å²) in [6.45, 7) is 7.04. The third-order valence-corrected chi connectivity index (χ3v) is 6.60. The number of anilines is 2. The van der Waals surface area contributed by atoms with Crippen molar-refractivity contribution in [3.05, 3.63) is 76.9 Å². The van der Waals surface area contributed by atoms with Crippen molar-refractivity contribution in [3.8, 4) is 0 Å². The summed E-state index contributed by atoms with van der Waals surface area (Å²) in [6.07, 6.45) is 0. The Morgan fingerprint density at radius 2 is 1.62 bits per heavy atom. The van der Waals surface area contributed by atoms with Crippen molar-refractivity contribution in [2.24, 2.45) is 0 Å². The Morgan fingerprint density at radius 1 is 1.03 bits per heavy atom. The first-order valence-electron chi connectivity index (χ1n) is 10.6. The number of carbonyl (C=O) groups is 2. The van der Waals surface area contributed by atoms with Crippen molar-refractivity contribution in [1.29, 1.82) is 0 Å². The molecule has 180 valence electrons. The van der Waals surface area contributed by atoms with Gasteiger partial charge in [-0.05, 0) is 81.8 Å². The smallest absolute Gasteiger partial charge is 0.340 e. The second kappa shape index (κ2) is 10.1. The molecule has 0 bridgehead atoms. The van der Waals surface area contributed by atoms with E-state index in [4.69, 9.17) is 4.74 Å². The van der Waals surface area contributed by atoms with E-state index < -0.39 is 27.9 Å². The molecule has 2 aromatic carbocycles. The molecule has 8 nitrogen and oxygen atoms in total. The fourth-order valence-corrected chi connectivity index (χ4v) is 4.56. The molecule has 1 atom stereocenters. The number of ketones is 1. The number of aromatic nitrogens is 1. The van der Waals surface area contributed by atoms with Crippen LogP contribution in [0.1, 0.15) is 46.0 Å². The van der Waals surface area contributed by atoms with Gasteiger partial charge in [0.25, 0.3) is 10.0 Å². The molecule has 0 unspecified atom stereocenters. The van der Waals surface area contributed by atoms with Crippen LogP contribution in [0, 0.1) is 19.7 Å². The number of aryl methyl sites for hydroxylation is 1. The van der Waals surface area contributed by atoms with Gasteiger partial charge in [0, 0.05) is 17.1 Å². The minimum absolute atomic E-state index is 0.0610. The van der Waals surface area contributed by atoms with Crippen molar-refractivity contribution >= 4 is 33.2 Å². The zero-order valence-corrected chi connectivity index (χ0v) is 20.0. The molecule has 1 heterocycles. The summed E-state index contributed by atoms with van der Waals surface area (Å²) in [5, 5.41) is 3.07. The van der Waals surface area contributed by atoms with Crippen LogP contribution in [-0.2, 0) is 14.8 Å². The second-order valence-electron chi connectivity index (χ2n) is 7.71. The van der Waals surface area contributed by atoms with Crippen molar-refractivity contribution in [1.82, 2.24) is 4.98 Å². The van der Waals surface area contributed by atoms with Crippen LogP contribution in [0.5, 0.6) is 0 Å². The third-order valence-electron chi connectivity index (χ3n) is 5.20. The number of hydrogen-bond donors (Lipinski definition) is 3. The minimum atomic E-state index is -3.87. The third kappa shape index (κ3) is 5.45. The Morgan fingerprint density at radius 3 is 2.21 bits per heavy atom. The van der Waals surface area contributed by atoms with E-state index in [2.05, 4.69) is 15.0 Å². The number of ether oxygens (including phenoxy) is 1. The number of carbonyl (C=O) groups excluding carboxylic acids is 2. The summed E-state index contributed by atoms with van der Waals surface area (Å²) >= 11 is 0. The largest absolute Gasteiger partial charge is 0.462 e. The number of nitrogens with one attached hydrogen (secondary N) is 3. The van der Waals surface area contributed by atoms with E-state index in [1.807, 2.05) is 0 Å². The topological polar surface area (TPSA) is 117 Å². The maximum Gasteiger partial charge on any atom is 0.340 e. The van der Waals surface area contributed by atoms with Gasteiger partial charge in [-0.15, -0.1) is 0 Å². The molecule has 1 aromatic heterocycles. The fourth-order valence-electron chi connectivity index (χ4n) is 3.50. The van der Waals surface area contributed by atoms with Crippen LogP contribution in [0.4, 0.5) is 15.8 Å². The number of halogens is 1. The molecule has 0 spiro atoms. The highest BCUT2D eigenvalue weighted by atomic mass is 32.2. The van der Waals surface area contributed by atoms with Gasteiger partial charge in [-0.1, -0.05) is 0 Å². The molecule has 3 N–H and O–H groups in total. The molecular formula is C24H26FN3O5S. The maximum atomic E-state index is 13.1. The molecule has 0 saturated carbocycles. The molecule has 34 heavy (non-hydrogen) atoms. The molecule has 3 rings (SSSR count). The van der Waals surface area contributed by atoms with Crippen LogP contribution in [0.15, 0.2) is 53.4 Å². The van der Waals surface area contributed by atoms with Gasteiger partial charge in [-0.3, -0.25) is 9.52 Å². The Kier molecular flexibility index (Phi) is 7.41. The zero-order valence-electron chi connectivity index (χ0n) is 19.2. The van der Waals surface area contributed by atoms with E-state index in [0.717, 1.165) is 12.1 Å². The lowest BCUT2D eigenvalue weighted by molar-refractivity contribution is 0.0525. The summed E-state index contributed by atoms with van der Waals surface area (Å²) in [6, 6.07) is 10.2. The predicted octanol–water partition coefficient (Wildman–Crippen LogP) is 4.43. The van der Waals surface area contributed by atoms with Gasteiger partial charge < -0.3 is 15.0 Å². The molecule has 0 saturated heterocycles. The number of H-pyrrole nitrogens is 1. The second-order valence-corrected chi connectivity index (χ2v) is 9.39. The lowest BCUT2D eigenvalue weighted by Crippen LogP contribution is -2.27. The highest BCUT2D eigenvalue weighted by molar-refractivity contribution is 7.92. The number of benzene rings is 2. The molecular weight excluding hydrogens is 461 g/mol. The average Bonchev–Trinajstić information content (AvgIpc) is 3.08. The molecule has 0 aliphatic rings. The molecule has 10 heteroatoms. The van der Waals surface area contributed by atoms with Crippen molar-refractivity contribution < 1.29 is 27.1 Å². The van der Waals surface area contributed by atoms with Gasteiger partial charge in [0.1, 0.15) is 5.82 Å². The summed E-state index contributed by atoms with van der Waals surface area (Å²) in [5.74, 6) is -1.25. The lowest BCUT2D eigenvalue weighted by atomic mass is 10.0. The van der Waals surface area contributed by atoms with Gasteiger partial charge in [0.2, 0.25) is 5.78 Å². The molecule has 3 aromatic rings. The number of rotatable bonds is 9. The van der Waals surface area contributed by atoms with E-state index in [0.29, 0.717) is 33.9 Å². The fraction of sp³-hybridized carbons (Fsp3) is 0.250. The quantitative estimate of drug-likeness (QED) is 0.304. The first kappa shape index (κ1) is 25.0. The van der Waals surface area contributed by atoms with Gasteiger partial charge in [-0.25, -0.2) is 17.6 Å². The molecule has 0 amide bonds. The van der Waals surface area contributed by atoms with Crippen molar-refractivity contribution in [2.45, 2.75) is 38.6 Å². The molecule has 0 aliphatic heterocycles. The van der Waals surface area contributed by atoms with Crippen LogP contribution in [0.2, 0.25) is 0 Å². The number of esters is 1. The lowest BCUT2D eigenvalue weighted by Gasteiger charge is -2.15. The van der Waals surface area contributed by atoms with Crippen LogP contribution in [0.25, 0.3) is 0 Å². The van der Waals surface area contributed by atoms with Crippen LogP contribution >= 0.6 is 0 Å². The molecule has 0 aliphatic carbocycles. The van der Waals surface area contributed by atoms with Crippen LogP contribution in [-0.4, -0.2) is 37.8 Å². The van der Waals surface area contributed by atoms with E-state index in [1.54, 1.807) is 52.0 Å². The van der Waals surface area contributed by atoms with E-state index in [1.165, 1.54) is 12.1 Å². The first-order valence-corrected chi connectivity index (χ1v) is 12.1. The maximum absolute atomic E-state index is 13.1. The standard InChI is InChI=1S/C24H26FN3O5S/c1-5-33-24(30)21-14(2)22(27-15(21)3)23(29)16(4)26-18-8-10-19(11-9-18)28-34(31,32)20-12-6-17(25)7-13-20/h6-13,16,26-28H,5H2,1-4H3/t16-/m0/s1. The Balaban J connectivity index is 1.70. The Bertz CT molecular complexity index is 1300.